The molecule has 0 bridgehead atoms. The zero-order valence-corrected chi connectivity index (χ0v) is 13.5. The summed E-state index contributed by atoms with van der Waals surface area (Å²) < 4.78 is 0. The average Bonchev–Trinajstić information content (AvgIpc) is 2.62. The van der Waals surface area contributed by atoms with E-state index >= 15 is 0 Å². The van der Waals surface area contributed by atoms with Crippen molar-refractivity contribution in [3.8, 4) is 0 Å². The number of nitrogen functional groups attached to an aromatic ring is 1. The summed E-state index contributed by atoms with van der Waals surface area (Å²) in [4.78, 5) is 24.2. The van der Waals surface area contributed by atoms with Gasteiger partial charge in [0, 0.05) is 11.1 Å². The first-order valence-electron chi connectivity index (χ1n) is 7.86. The minimum Gasteiger partial charge on any atom is -0.478 e. The molecule has 0 aliphatic heterocycles. The standard InChI is InChI=1S/C21H17NO3/c22-19-17(11-6-12-18(19)21(24)25)20(23)16-10-5-4-9-15(16)13-14-7-2-1-3-8-14/h1-12H,13,22H2,(H,24,25). The monoisotopic (exact) mass is 331 g/mol. The molecule has 0 spiro atoms. The van der Waals surface area contributed by atoms with E-state index in [1.165, 1.54) is 12.1 Å². The lowest BCUT2D eigenvalue weighted by Gasteiger charge is -2.11. The third-order valence-corrected chi connectivity index (χ3v) is 4.08. The second-order valence-corrected chi connectivity index (χ2v) is 5.72. The lowest BCUT2D eigenvalue weighted by atomic mass is 9.93. The van der Waals surface area contributed by atoms with Crippen molar-refractivity contribution in [2.24, 2.45) is 0 Å². The number of nitrogens with two attached hydrogens (primary N) is 1. The van der Waals surface area contributed by atoms with Crippen molar-refractivity contribution in [3.63, 3.8) is 0 Å². The van der Waals surface area contributed by atoms with Crippen molar-refractivity contribution in [2.45, 2.75) is 6.42 Å². The van der Waals surface area contributed by atoms with E-state index < -0.39 is 5.97 Å². The van der Waals surface area contributed by atoms with Gasteiger partial charge in [0.05, 0.1) is 11.3 Å². The fourth-order valence-corrected chi connectivity index (χ4v) is 2.81. The molecule has 0 aliphatic rings. The topological polar surface area (TPSA) is 80.4 Å². The first kappa shape index (κ1) is 16.5. The number of para-hydroxylation sites is 1. The van der Waals surface area contributed by atoms with Crippen molar-refractivity contribution in [1.82, 2.24) is 0 Å². The lowest BCUT2D eigenvalue weighted by molar-refractivity contribution is 0.0698. The largest absolute Gasteiger partial charge is 0.478 e. The highest BCUT2D eigenvalue weighted by molar-refractivity contribution is 6.15. The van der Waals surface area contributed by atoms with E-state index in [0.29, 0.717) is 12.0 Å². The first-order valence-corrected chi connectivity index (χ1v) is 7.86. The summed E-state index contributed by atoms with van der Waals surface area (Å²) in [5, 5.41) is 9.20. The Kier molecular flexibility index (Phi) is 4.61. The summed E-state index contributed by atoms with van der Waals surface area (Å²) in [6.07, 6.45) is 0.612. The molecule has 4 nitrogen and oxygen atoms in total. The highest BCUT2D eigenvalue weighted by Crippen LogP contribution is 2.24. The van der Waals surface area contributed by atoms with Gasteiger partial charge in [0.25, 0.3) is 0 Å². The van der Waals surface area contributed by atoms with Crippen LogP contribution in [0.5, 0.6) is 0 Å². The normalized spacial score (nSPS) is 10.4. The van der Waals surface area contributed by atoms with Crippen molar-refractivity contribution >= 4 is 17.4 Å². The predicted molar refractivity (Wildman–Crippen MR) is 96.9 cm³/mol. The van der Waals surface area contributed by atoms with E-state index in [4.69, 9.17) is 5.73 Å². The van der Waals surface area contributed by atoms with Crippen LogP contribution in [0.1, 0.15) is 37.4 Å². The number of carbonyl (C=O) groups is 2. The van der Waals surface area contributed by atoms with Gasteiger partial charge in [0.2, 0.25) is 0 Å². The van der Waals surface area contributed by atoms with Gasteiger partial charge in [-0.25, -0.2) is 4.79 Å². The van der Waals surface area contributed by atoms with Gasteiger partial charge in [0.1, 0.15) is 0 Å². The molecule has 3 rings (SSSR count). The van der Waals surface area contributed by atoms with E-state index in [0.717, 1.165) is 11.1 Å². The molecule has 0 radical (unpaired) electrons. The zero-order chi connectivity index (χ0) is 17.8. The number of hydrogen-bond acceptors (Lipinski definition) is 3. The molecule has 3 N–H and O–H groups in total. The van der Waals surface area contributed by atoms with E-state index in [1.54, 1.807) is 18.2 Å². The smallest absolute Gasteiger partial charge is 0.337 e. The Morgan fingerprint density at radius 3 is 2.08 bits per heavy atom. The molecule has 0 aromatic heterocycles. The van der Waals surface area contributed by atoms with Crippen LogP contribution in [-0.2, 0) is 6.42 Å². The highest BCUT2D eigenvalue weighted by Gasteiger charge is 2.19. The van der Waals surface area contributed by atoms with Gasteiger partial charge in [0.15, 0.2) is 5.78 Å². The van der Waals surface area contributed by atoms with Gasteiger partial charge in [-0.1, -0.05) is 60.7 Å². The molecular weight excluding hydrogens is 314 g/mol. The predicted octanol–water partition coefficient (Wildman–Crippen LogP) is 3.79. The Morgan fingerprint density at radius 1 is 0.760 bits per heavy atom. The van der Waals surface area contributed by atoms with Crippen LogP contribution in [-0.4, -0.2) is 16.9 Å². The number of aromatic carboxylic acids is 1. The average molecular weight is 331 g/mol. The Morgan fingerprint density at radius 2 is 1.36 bits per heavy atom. The second-order valence-electron chi connectivity index (χ2n) is 5.72. The molecule has 4 heteroatoms. The summed E-state index contributed by atoms with van der Waals surface area (Å²) in [6, 6.07) is 21.7. The first-order chi connectivity index (χ1) is 12.1. The van der Waals surface area contributed by atoms with Gasteiger partial charge in [-0.05, 0) is 29.7 Å². The Hall–Kier alpha value is -3.40. The molecular formula is C21H17NO3. The fourth-order valence-electron chi connectivity index (χ4n) is 2.81. The van der Waals surface area contributed by atoms with Crippen LogP contribution in [0, 0.1) is 0 Å². The van der Waals surface area contributed by atoms with Crippen molar-refractivity contribution < 1.29 is 14.7 Å². The van der Waals surface area contributed by atoms with E-state index in [-0.39, 0.29) is 22.6 Å². The quantitative estimate of drug-likeness (QED) is 0.550. The number of carboxylic acid groups (broad SMARTS) is 1. The van der Waals surface area contributed by atoms with E-state index in [1.807, 2.05) is 42.5 Å². The third kappa shape index (κ3) is 3.43. The van der Waals surface area contributed by atoms with Gasteiger partial charge >= 0.3 is 5.97 Å². The SMILES string of the molecule is Nc1c(C(=O)O)cccc1C(=O)c1ccccc1Cc1ccccc1. The van der Waals surface area contributed by atoms with Crippen LogP contribution in [0.25, 0.3) is 0 Å². The minimum absolute atomic E-state index is 0.00508. The van der Waals surface area contributed by atoms with Gasteiger partial charge in [-0.3, -0.25) is 4.79 Å². The number of ketones is 1. The van der Waals surface area contributed by atoms with E-state index in [9.17, 15) is 14.7 Å². The molecule has 0 heterocycles. The summed E-state index contributed by atoms with van der Waals surface area (Å²) in [7, 11) is 0. The molecule has 25 heavy (non-hydrogen) atoms. The maximum atomic E-state index is 13.0. The van der Waals surface area contributed by atoms with Crippen LogP contribution >= 0.6 is 0 Å². The Bertz CT molecular complexity index is 933. The molecule has 3 aromatic carbocycles. The maximum absolute atomic E-state index is 13.0. The fraction of sp³-hybridized carbons (Fsp3) is 0.0476. The number of rotatable bonds is 5. The number of carboxylic acids is 1. The number of hydrogen-bond donors (Lipinski definition) is 2. The minimum atomic E-state index is -1.15. The second kappa shape index (κ2) is 7.01. The summed E-state index contributed by atoms with van der Waals surface area (Å²) >= 11 is 0. The van der Waals surface area contributed by atoms with Crippen LogP contribution in [0.15, 0.2) is 72.8 Å². The number of benzene rings is 3. The van der Waals surface area contributed by atoms with Crippen LogP contribution in [0.4, 0.5) is 5.69 Å². The zero-order valence-electron chi connectivity index (χ0n) is 13.5. The van der Waals surface area contributed by atoms with E-state index in [2.05, 4.69) is 0 Å². The molecule has 0 saturated carbocycles. The summed E-state index contributed by atoms with van der Waals surface area (Å²) in [6.45, 7) is 0. The lowest BCUT2D eigenvalue weighted by Crippen LogP contribution is -2.12. The molecule has 3 aromatic rings. The van der Waals surface area contributed by atoms with Crippen LogP contribution in [0.2, 0.25) is 0 Å². The molecule has 0 unspecified atom stereocenters. The molecule has 0 amide bonds. The molecule has 0 fully saturated rings. The van der Waals surface area contributed by atoms with Gasteiger partial charge < -0.3 is 10.8 Å². The molecule has 0 aliphatic carbocycles. The van der Waals surface area contributed by atoms with Crippen molar-refractivity contribution in [3.05, 3.63) is 101 Å². The van der Waals surface area contributed by atoms with Crippen molar-refractivity contribution in [1.29, 1.82) is 0 Å². The molecule has 0 saturated heterocycles. The molecule has 124 valence electrons. The van der Waals surface area contributed by atoms with Gasteiger partial charge in [-0.15, -0.1) is 0 Å². The third-order valence-electron chi connectivity index (χ3n) is 4.08. The summed E-state index contributed by atoms with van der Waals surface area (Å²) in [5.74, 6) is -1.42. The Balaban J connectivity index is 2.02. The molecule has 0 atom stereocenters. The van der Waals surface area contributed by atoms with Crippen molar-refractivity contribution in [2.75, 3.05) is 5.73 Å². The van der Waals surface area contributed by atoms with Gasteiger partial charge in [-0.2, -0.15) is 0 Å². The van der Waals surface area contributed by atoms with Crippen LogP contribution < -0.4 is 5.73 Å². The Labute approximate surface area is 145 Å². The number of carbonyl (C=O) groups excluding carboxylic acids is 1. The van der Waals surface area contributed by atoms with Crippen LogP contribution in [0.3, 0.4) is 0 Å². The highest BCUT2D eigenvalue weighted by atomic mass is 16.4. The maximum Gasteiger partial charge on any atom is 0.337 e. The number of anilines is 1. The summed E-state index contributed by atoms with van der Waals surface area (Å²) in [5.41, 5.74) is 8.56.